The lowest BCUT2D eigenvalue weighted by atomic mass is 10.2. The minimum absolute atomic E-state index is 0.148. The van der Waals surface area contributed by atoms with E-state index >= 15 is 0 Å². The van der Waals surface area contributed by atoms with E-state index in [4.69, 9.17) is 10.2 Å². The van der Waals surface area contributed by atoms with E-state index in [0.717, 1.165) is 0 Å². The molecule has 0 unspecified atom stereocenters. The van der Waals surface area contributed by atoms with Crippen LogP contribution in [-0.2, 0) is 6.54 Å². The van der Waals surface area contributed by atoms with E-state index in [1.807, 2.05) is 0 Å². The summed E-state index contributed by atoms with van der Waals surface area (Å²) in [7, 11) is 0. The van der Waals surface area contributed by atoms with Crippen LogP contribution in [0.4, 0.5) is 9.18 Å². The van der Waals surface area contributed by atoms with Gasteiger partial charge in [-0.15, -0.1) is 0 Å². The number of hydrogen-bond acceptors (Lipinski definition) is 3. The first-order valence-electron chi connectivity index (χ1n) is 5.66. The smallest absolute Gasteiger partial charge is 0.317 e. The highest BCUT2D eigenvalue weighted by Gasteiger charge is 2.11. The molecule has 0 aromatic heterocycles. The molecule has 0 spiro atoms. The van der Waals surface area contributed by atoms with Gasteiger partial charge in [0.05, 0.1) is 13.2 Å². The van der Waals surface area contributed by atoms with Crippen LogP contribution in [0.2, 0.25) is 0 Å². The zero-order chi connectivity index (χ0) is 13.4. The lowest BCUT2D eigenvalue weighted by Crippen LogP contribution is -2.42. The Morgan fingerprint density at radius 3 is 2.50 bits per heavy atom. The van der Waals surface area contributed by atoms with Crippen LogP contribution in [0.3, 0.4) is 0 Å². The normalized spacial score (nSPS) is 10.2. The van der Waals surface area contributed by atoms with E-state index < -0.39 is 6.03 Å². The van der Waals surface area contributed by atoms with Crippen molar-refractivity contribution in [1.29, 1.82) is 0 Å². The Kier molecular flexibility index (Phi) is 6.10. The van der Waals surface area contributed by atoms with Crippen LogP contribution < -0.4 is 5.32 Å². The van der Waals surface area contributed by atoms with Crippen LogP contribution in [0.5, 0.6) is 0 Å². The largest absolute Gasteiger partial charge is 0.395 e. The molecule has 0 heterocycles. The third kappa shape index (κ3) is 4.68. The Bertz CT molecular complexity index is 381. The van der Waals surface area contributed by atoms with Crippen molar-refractivity contribution in [3.8, 4) is 0 Å². The molecule has 0 fully saturated rings. The third-order valence-corrected chi connectivity index (χ3v) is 2.36. The Morgan fingerprint density at radius 1 is 1.28 bits per heavy atom. The summed E-state index contributed by atoms with van der Waals surface area (Å²) >= 11 is 0. The summed E-state index contributed by atoms with van der Waals surface area (Å²) in [4.78, 5) is 13.0. The Morgan fingerprint density at radius 2 is 1.94 bits per heavy atom. The van der Waals surface area contributed by atoms with Gasteiger partial charge < -0.3 is 20.4 Å². The van der Waals surface area contributed by atoms with E-state index in [0.29, 0.717) is 5.56 Å². The van der Waals surface area contributed by atoms with Crippen molar-refractivity contribution in [3.05, 3.63) is 35.6 Å². The van der Waals surface area contributed by atoms with Crippen LogP contribution >= 0.6 is 0 Å². The van der Waals surface area contributed by atoms with Gasteiger partial charge in [0.1, 0.15) is 5.82 Å². The van der Waals surface area contributed by atoms with Gasteiger partial charge in [-0.1, -0.05) is 12.1 Å². The molecule has 1 aromatic carbocycles. The van der Waals surface area contributed by atoms with Gasteiger partial charge in [0, 0.05) is 19.6 Å². The second-order valence-electron chi connectivity index (χ2n) is 3.72. The number of rotatable bonds is 6. The van der Waals surface area contributed by atoms with Crippen LogP contribution in [0.1, 0.15) is 5.56 Å². The van der Waals surface area contributed by atoms with Gasteiger partial charge in [-0.05, 0) is 17.7 Å². The Hall–Kier alpha value is -1.66. The second kappa shape index (κ2) is 7.62. The highest BCUT2D eigenvalue weighted by molar-refractivity contribution is 5.74. The van der Waals surface area contributed by atoms with Crippen LogP contribution in [0.15, 0.2) is 24.3 Å². The lowest BCUT2D eigenvalue weighted by Gasteiger charge is -2.21. The van der Waals surface area contributed by atoms with Crippen LogP contribution in [0.25, 0.3) is 0 Å². The minimum Gasteiger partial charge on any atom is -0.395 e. The van der Waals surface area contributed by atoms with Crippen molar-refractivity contribution in [2.75, 3.05) is 26.3 Å². The Balaban J connectivity index is 2.48. The highest BCUT2D eigenvalue weighted by Crippen LogP contribution is 2.03. The zero-order valence-electron chi connectivity index (χ0n) is 9.97. The van der Waals surface area contributed by atoms with E-state index in [2.05, 4.69) is 5.32 Å². The molecule has 3 N–H and O–H groups in total. The summed E-state index contributed by atoms with van der Waals surface area (Å²) < 4.78 is 12.9. The van der Waals surface area contributed by atoms with E-state index in [1.165, 1.54) is 17.0 Å². The molecule has 0 atom stereocenters. The number of carbonyl (C=O) groups is 1. The molecule has 6 heteroatoms. The van der Waals surface area contributed by atoms with E-state index in [9.17, 15) is 9.18 Å². The molecular formula is C12H17FN2O3. The van der Waals surface area contributed by atoms with Crippen LogP contribution in [-0.4, -0.2) is 47.4 Å². The van der Waals surface area contributed by atoms with Crippen molar-refractivity contribution >= 4 is 6.03 Å². The molecule has 2 amide bonds. The molecule has 0 aliphatic carbocycles. The molecule has 100 valence electrons. The van der Waals surface area contributed by atoms with Crippen molar-refractivity contribution in [3.63, 3.8) is 0 Å². The summed E-state index contributed by atoms with van der Waals surface area (Å²) in [6.45, 7) is 0.149. The summed E-state index contributed by atoms with van der Waals surface area (Å²) in [5, 5.41) is 20.2. The van der Waals surface area contributed by atoms with Crippen molar-refractivity contribution in [1.82, 2.24) is 10.2 Å². The van der Waals surface area contributed by atoms with Gasteiger partial charge in [0.2, 0.25) is 0 Å². The average Bonchev–Trinajstić information content (AvgIpc) is 2.36. The molecule has 1 rings (SSSR count). The third-order valence-electron chi connectivity index (χ3n) is 2.36. The number of urea groups is 1. The maximum Gasteiger partial charge on any atom is 0.317 e. The minimum atomic E-state index is -0.401. The zero-order valence-corrected chi connectivity index (χ0v) is 9.97. The van der Waals surface area contributed by atoms with Gasteiger partial charge in [-0.3, -0.25) is 0 Å². The summed E-state index contributed by atoms with van der Waals surface area (Å²) in [6.07, 6.45) is 0. The number of nitrogens with one attached hydrogen (secondary N) is 1. The molecule has 0 aliphatic heterocycles. The SMILES string of the molecule is O=C(NCc1cccc(F)c1)N(CCO)CCO. The van der Waals surface area contributed by atoms with Gasteiger partial charge in [-0.25, -0.2) is 9.18 Å². The monoisotopic (exact) mass is 256 g/mol. The number of carbonyl (C=O) groups excluding carboxylic acids is 1. The van der Waals surface area contributed by atoms with E-state index in [1.54, 1.807) is 12.1 Å². The molecule has 18 heavy (non-hydrogen) atoms. The fourth-order valence-corrected chi connectivity index (χ4v) is 1.49. The first kappa shape index (κ1) is 14.4. The lowest BCUT2D eigenvalue weighted by molar-refractivity contribution is 0.158. The number of benzene rings is 1. The van der Waals surface area contributed by atoms with Gasteiger partial charge in [0.25, 0.3) is 0 Å². The summed E-state index contributed by atoms with van der Waals surface area (Å²) in [5.41, 5.74) is 0.649. The quantitative estimate of drug-likeness (QED) is 0.686. The molecule has 0 radical (unpaired) electrons. The topological polar surface area (TPSA) is 72.8 Å². The molecule has 1 aromatic rings. The number of hydrogen-bond donors (Lipinski definition) is 3. The number of halogens is 1. The maximum atomic E-state index is 12.9. The number of aliphatic hydroxyl groups is 2. The molecule has 5 nitrogen and oxygen atoms in total. The summed E-state index contributed by atoms with van der Waals surface area (Å²) in [6, 6.07) is 5.53. The van der Waals surface area contributed by atoms with Crippen molar-refractivity contribution in [2.45, 2.75) is 6.54 Å². The predicted molar refractivity (Wildman–Crippen MR) is 64.4 cm³/mol. The predicted octanol–water partition coefficient (Wildman–Crippen LogP) is 0.322. The van der Waals surface area contributed by atoms with Crippen LogP contribution in [0, 0.1) is 5.82 Å². The number of aliphatic hydroxyl groups excluding tert-OH is 2. The maximum absolute atomic E-state index is 12.9. The second-order valence-corrected chi connectivity index (χ2v) is 3.72. The average molecular weight is 256 g/mol. The number of amides is 2. The highest BCUT2D eigenvalue weighted by atomic mass is 19.1. The van der Waals surface area contributed by atoms with Crippen molar-refractivity contribution in [2.24, 2.45) is 0 Å². The fourth-order valence-electron chi connectivity index (χ4n) is 1.49. The van der Waals surface area contributed by atoms with Gasteiger partial charge in [0.15, 0.2) is 0 Å². The molecule has 0 saturated heterocycles. The number of nitrogens with zero attached hydrogens (tertiary/aromatic N) is 1. The molecule has 0 aliphatic rings. The summed E-state index contributed by atoms with van der Waals surface area (Å²) in [5.74, 6) is -0.357. The first-order chi connectivity index (χ1) is 8.67. The molecule has 0 saturated carbocycles. The molecular weight excluding hydrogens is 239 g/mol. The molecule has 0 bridgehead atoms. The van der Waals surface area contributed by atoms with E-state index in [-0.39, 0.29) is 38.7 Å². The fraction of sp³-hybridized carbons (Fsp3) is 0.417. The first-order valence-corrected chi connectivity index (χ1v) is 5.66. The Labute approximate surface area is 105 Å². The van der Waals surface area contributed by atoms with Crippen molar-refractivity contribution < 1.29 is 19.4 Å². The standard InChI is InChI=1S/C12H17FN2O3/c13-11-3-1-2-10(8-11)9-14-12(18)15(4-6-16)5-7-17/h1-3,8,16-17H,4-7,9H2,(H,14,18). The van der Waals surface area contributed by atoms with Gasteiger partial charge in [-0.2, -0.15) is 0 Å². The van der Waals surface area contributed by atoms with Gasteiger partial charge >= 0.3 is 6.03 Å².